The lowest BCUT2D eigenvalue weighted by Crippen LogP contribution is -2.03. The molecule has 0 radical (unpaired) electrons. The maximum absolute atomic E-state index is 12.2. The number of H-pyrrole nitrogens is 1. The molecule has 0 spiro atoms. The number of aromatic amines is 1. The molecule has 0 atom stereocenters. The lowest BCUT2D eigenvalue weighted by molar-refractivity contribution is 0.103. The number of carbonyl (C=O) groups excluding carboxylic acids is 1. The predicted molar refractivity (Wildman–Crippen MR) is 74.3 cm³/mol. The Kier molecular flexibility index (Phi) is 2.97. The van der Waals surface area contributed by atoms with Crippen LogP contribution in [0.1, 0.15) is 21.2 Å². The Morgan fingerprint density at radius 3 is 2.95 bits per heavy atom. The zero-order chi connectivity index (χ0) is 13.2. The van der Waals surface area contributed by atoms with Crippen LogP contribution in [0.5, 0.6) is 0 Å². The molecule has 1 aromatic carbocycles. The fourth-order valence-corrected chi connectivity index (χ4v) is 2.46. The smallest absolute Gasteiger partial charge is 0.228 e. The summed E-state index contributed by atoms with van der Waals surface area (Å²) in [5.41, 5.74) is 2.46. The number of rotatable bonds is 3. The van der Waals surface area contributed by atoms with Gasteiger partial charge in [0.25, 0.3) is 0 Å². The number of benzene rings is 1. The van der Waals surface area contributed by atoms with E-state index in [2.05, 4.69) is 15.0 Å². The van der Waals surface area contributed by atoms with Gasteiger partial charge in [-0.3, -0.25) is 4.79 Å². The predicted octanol–water partition coefficient (Wildman–Crippen LogP) is 3.07. The Balaban J connectivity index is 1.98. The molecule has 0 saturated heterocycles. The summed E-state index contributed by atoms with van der Waals surface area (Å²) in [5.74, 6) is 0.241. The molecular formula is C14H11N3OS. The maximum Gasteiger partial charge on any atom is 0.228 e. The minimum absolute atomic E-state index is 0.112. The Bertz CT molecular complexity index is 716. The van der Waals surface area contributed by atoms with Crippen LogP contribution < -0.4 is 0 Å². The lowest BCUT2D eigenvalue weighted by Gasteiger charge is -2.01. The van der Waals surface area contributed by atoms with E-state index < -0.39 is 0 Å². The van der Waals surface area contributed by atoms with Gasteiger partial charge >= 0.3 is 0 Å². The first kappa shape index (κ1) is 11.8. The van der Waals surface area contributed by atoms with Gasteiger partial charge in [-0.15, -0.1) is 11.3 Å². The van der Waals surface area contributed by atoms with Crippen molar-refractivity contribution >= 4 is 17.1 Å². The first-order valence-corrected chi connectivity index (χ1v) is 6.68. The van der Waals surface area contributed by atoms with E-state index in [1.165, 1.54) is 0 Å². The molecule has 4 nitrogen and oxygen atoms in total. The molecule has 0 amide bonds. The van der Waals surface area contributed by atoms with Gasteiger partial charge in [0.1, 0.15) is 0 Å². The topological polar surface area (TPSA) is 58.6 Å². The standard InChI is InChI=1S/C14H11N3OS/c1-9-17-12(8-19-9)10-3-2-4-11(7-10)13(18)14-15-5-6-16-14/h2-8H,1H3,(H,15,16). The van der Waals surface area contributed by atoms with Crippen LogP contribution in [0.15, 0.2) is 42.0 Å². The van der Waals surface area contributed by atoms with Crippen LogP contribution in [-0.2, 0) is 0 Å². The molecule has 0 aliphatic heterocycles. The van der Waals surface area contributed by atoms with Crippen LogP contribution in [0.4, 0.5) is 0 Å². The second-order valence-electron chi connectivity index (χ2n) is 4.10. The fraction of sp³-hybridized carbons (Fsp3) is 0.0714. The molecule has 1 N–H and O–H groups in total. The molecule has 0 fully saturated rings. The molecule has 0 aliphatic rings. The zero-order valence-electron chi connectivity index (χ0n) is 10.3. The quantitative estimate of drug-likeness (QED) is 0.743. The first-order chi connectivity index (χ1) is 9.24. The summed E-state index contributed by atoms with van der Waals surface area (Å²) >= 11 is 1.60. The Morgan fingerprint density at radius 1 is 1.37 bits per heavy atom. The van der Waals surface area contributed by atoms with Crippen LogP contribution in [-0.4, -0.2) is 20.7 Å². The molecule has 0 unspecified atom stereocenters. The third kappa shape index (κ3) is 2.32. The van der Waals surface area contributed by atoms with Crippen molar-refractivity contribution in [3.63, 3.8) is 0 Å². The normalized spacial score (nSPS) is 10.6. The highest BCUT2D eigenvalue weighted by Gasteiger charge is 2.12. The molecule has 0 aliphatic carbocycles. The van der Waals surface area contributed by atoms with Gasteiger partial charge in [-0.2, -0.15) is 0 Å². The molecule has 0 bridgehead atoms. The van der Waals surface area contributed by atoms with Gasteiger partial charge in [-0.05, 0) is 13.0 Å². The van der Waals surface area contributed by atoms with Crippen molar-refractivity contribution < 1.29 is 4.79 Å². The highest BCUT2D eigenvalue weighted by atomic mass is 32.1. The number of hydrogen-bond donors (Lipinski definition) is 1. The molecule has 5 heteroatoms. The van der Waals surface area contributed by atoms with Crippen molar-refractivity contribution in [3.05, 3.63) is 58.4 Å². The minimum atomic E-state index is -0.112. The third-order valence-corrected chi connectivity index (χ3v) is 3.53. The number of aryl methyl sites for hydroxylation is 1. The monoisotopic (exact) mass is 269 g/mol. The van der Waals surface area contributed by atoms with Gasteiger partial charge in [0.2, 0.25) is 5.78 Å². The van der Waals surface area contributed by atoms with Crippen LogP contribution >= 0.6 is 11.3 Å². The number of hydrogen-bond acceptors (Lipinski definition) is 4. The summed E-state index contributed by atoms with van der Waals surface area (Å²) in [6.45, 7) is 1.96. The van der Waals surface area contributed by atoms with Gasteiger partial charge in [0, 0.05) is 28.9 Å². The van der Waals surface area contributed by atoms with Crippen LogP contribution in [0.25, 0.3) is 11.3 Å². The van der Waals surface area contributed by atoms with Gasteiger partial charge in [-0.25, -0.2) is 9.97 Å². The highest BCUT2D eigenvalue weighted by molar-refractivity contribution is 7.09. The van der Waals surface area contributed by atoms with Gasteiger partial charge in [-0.1, -0.05) is 18.2 Å². The maximum atomic E-state index is 12.2. The Labute approximate surface area is 114 Å². The first-order valence-electron chi connectivity index (χ1n) is 5.81. The zero-order valence-corrected chi connectivity index (χ0v) is 11.1. The number of carbonyl (C=O) groups is 1. The van der Waals surface area contributed by atoms with Crippen molar-refractivity contribution in [3.8, 4) is 11.3 Å². The van der Waals surface area contributed by atoms with Gasteiger partial charge in [0.15, 0.2) is 5.82 Å². The molecule has 94 valence electrons. The average molecular weight is 269 g/mol. The van der Waals surface area contributed by atoms with Crippen molar-refractivity contribution in [2.45, 2.75) is 6.92 Å². The molecule has 0 saturated carbocycles. The summed E-state index contributed by atoms with van der Waals surface area (Å²) in [6.07, 6.45) is 3.21. The van der Waals surface area contributed by atoms with E-state index in [0.717, 1.165) is 16.3 Å². The molecular weight excluding hydrogens is 258 g/mol. The minimum Gasteiger partial charge on any atom is -0.342 e. The van der Waals surface area contributed by atoms with Gasteiger partial charge in [0.05, 0.1) is 10.7 Å². The van der Waals surface area contributed by atoms with Crippen molar-refractivity contribution in [2.75, 3.05) is 0 Å². The number of nitrogens with one attached hydrogen (secondary N) is 1. The van der Waals surface area contributed by atoms with Crippen LogP contribution in [0.2, 0.25) is 0 Å². The van der Waals surface area contributed by atoms with Crippen molar-refractivity contribution in [1.29, 1.82) is 0 Å². The second-order valence-corrected chi connectivity index (χ2v) is 5.16. The Hall–Kier alpha value is -2.27. The number of thiazole rings is 1. The lowest BCUT2D eigenvalue weighted by atomic mass is 10.1. The Morgan fingerprint density at radius 2 is 2.26 bits per heavy atom. The molecule has 3 aromatic rings. The molecule has 2 heterocycles. The van der Waals surface area contributed by atoms with Crippen LogP contribution in [0.3, 0.4) is 0 Å². The number of aromatic nitrogens is 3. The van der Waals surface area contributed by atoms with Gasteiger partial charge < -0.3 is 4.98 Å². The van der Waals surface area contributed by atoms with E-state index in [0.29, 0.717) is 11.4 Å². The van der Waals surface area contributed by atoms with E-state index >= 15 is 0 Å². The SMILES string of the molecule is Cc1nc(-c2cccc(C(=O)c3ncc[nH]3)c2)cs1. The fourth-order valence-electron chi connectivity index (χ4n) is 1.84. The second kappa shape index (κ2) is 4.78. The van der Waals surface area contributed by atoms with E-state index in [1.807, 2.05) is 30.5 Å². The van der Waals surface area contributed by atoms with E-state index in [-0.39, 0.29) is 5.78 Å². The number of nitrogens with zero attached hydrogens (tertiary/aromatic N) is 2. The van der Waals surface area contributed by atoms with Crippen LogP contribution in [0, 0.1) is 6.92 Å². The number of ketones is 1. The summed E-state index contributed by atoms with van der Waals surface area (Å²) in [5, 5.41) is 3.00. The summed E-state index contributed by atoms with van der Waals surface area (Å²) in [6, 6.07) is 7.44. The van der Waals surface area contributed by atoms with E-state index in [4.69, 9.17) is 0 Å². The number of imidazole rings is 1. The third-order valence-electron chi connectivity index (χ3n) is 2.75. The van der Waals surface area contributed by atoms with Crippen molar-refractivity contribution in [1.82, 2.24) is 15.0 Å². The molecule has 19 heavy (non-hydrogen) atoms. The largest absolute Gasteiger partial charge is 0.342 e. The van der Waals surface area contributed by atoms with E-state index in [1.54, 1.807) is 29.8 Å². The van der Waals surface area contributed by atoms with E-state index in [9.17, 15) is 4.79 Å². The van der Waals surface area contributed by atoms with Crippen molar-refractivity contribution in [2.24, 2.45) is 0 Å². The summed E-state index contributed by atoms with van der Waals surface area (Å²) < 4.78 is 0. The summed E-state index contributed by atoms with van der Waals surface area (Å²) in [4.78, 5) is 23.4. The molecule has 3 rings (SSSR count). The average Bonchev–Trinajstić information content (AvgIpc) is 3.09. The highest BCUT2D eigenvalue weighted by Crippen LogP contribution is 2.23. The summed E-state index contributed by atoms with van der Waals surface area (Å²) in [7, 11) is 0. The molecule has 2 aromatic heterocycles.